The summed E-state index contributed by atoms with van der Waals surface area (Å²) in [6.07, 6.45) is 2.48. The summed E-state index contributed by atoms with van der Waals surface area (Å²) in [7, 11) is 0. The quantitative estimate of drug-likeness (QED) is 0.934. The molecule has 3 rings (SSSR count). The molecule has 2 heterocycles. The van der Waals surface area contributed by atoms with Crippen molar-refractivity contribution in [3.05, 3.63) is 36.1 Å². The van der Waals surface area contributed by atoms with E-state index in [0.717, 1.165) is 36.0 Å². The predicted molar refractivity (Wildman–Crippen MR) is 76.4 cm³/mol. The summed E-state index contributed by atoms with van der Waals surface area (Å²) in [5.74, 6) is -0.520. The van der Waals surface area contributed by atoms with Crippen molar-refractivity contribution in [1.29, 1.82) is 0 Å². The molecule has 1 aromatic carbocycles. The van der Waals surface area contributed by atoms with E-state index < -0.39 is 5.97 Å². The first-order valence-electron chi connectivity index (χ1n) is 7.03. The van der Waals surface area contributed by atoms with Gasteiger partial charge in [0, 0.05) is 30.6 Å². The van der Waals surface area contributed by atoms with Crippen molar-refractivity contribution >= 4 is 16.9 Å². The Labute approximate surface area is 118 Å². The molecule has 2 aromatic rings. The van der Waals surface area contributed by atoms with Gasteiger partial charge in [0.2, 0.25) is 0 Å². The van der Waals surface area contributed by atoms with Gasteiger partial charge < -0.3 is 9.52 Å². The van der Waals surface area contributed by atoms with E-state index >= 15 is 0 Å². The van der Waals surface area contributed by atoms with Gasteiger partial charge in [-0.15, -0.1) is 0 Å². The Balaban J connectivity index is 1.80. The molecule has 0 amide bonds. The Bertz CT molecular complexity index is 619. The summed E-state index contributed by atoms with van der Waals surface area (Å²) in [6, 6.07) is 8.06. The molecule has 4 heteroatoms. The molecule has 106 valence electrons. The second-order valence-corrected chi connectivity index (χ2v) is 5.83. The number of fused-ring (bicyclic) bond motifs is 1. The van der Waals surface area contributed by atoms with Crippen molar-refractivity contribution in [1.82, 2.24) is 4.90 Å². The highest BCUT2D eigenvalue weighted by Crippen LogP contribution is 2.26. The van der Waals surface area contributed by atoms with E-state index in [9.17, 15) is 9.90 Å². The molecule has 1 saturated heterocycles. The smallest absolute Gasteiger partial charge is 0.307 e. The first kappa shape index (κ1) is 13.2. The van der Waals surface area contributed by atoms with Crippen LogP contribution in [0.3, 0.4) is 0 Å². The van der Waals surface area contributed by atoms with Gasteiger partial charge in [-0.05, 0) is 18.4 Å². The van der Waals surface area contributed by atoms with Gasteiger partial charge in [-0.2, -0.15) is 0 Å². The van der Waals surface area contributed by atoms with E-state index in [1.165, 1.54) is 0 Å². The number of piperidine rings is 1. The zero-order chi connectivity index (χ0) is 14.1. The monoisotopic (exact) mass is 273 g/mol. The van der Waals surface area contributed by atoms with Crippen molar-refractivity contribution in [2.24, 2.45) is 11.8 Å². The third-order valence-electron chi connectivity index (χ3n) is 4.04. The molecule has 1 aromatic heterocycles. The van der Waals surface area contributed by atoms with Crippen LogP contribution >= 0.6 is 0 Å². The maximum atomic E-state index is 11.2. The SMILES string of the molecule is CC1CC(C(=O)O)CN(Cc2cccc3ccoc23)C1. The first-order chi connectivity index (χ1) is 9.63. The summed E-state index contributed by atoms with van der Waals surface area (Å²) >= 11 is 0. The van der Waals surface area contributed by atoms with Crippen LogP contribution in [0.2, 0.25) is 0 Å². The van der Waals surface area contributed by atoms with Crippen molar-refractivity contribution in [2.75, 3.05) is 13.1 Å². The minimum atomic E-state index is -0.683. The van der Waals surface area contributed by atoms with Gasteiger partial charge in [-0.3, -0.25) is 9.69 Å². The Morgan fingerprint density at radius 1 is 1.40 bits per heavy atom. The highest BCUT2D eigenvalue weighted by Gasteiger charge is 2.29. The number of aliphatic carboxylic acids is 1. The van der Waals surface area contributed by atoms with Gasteiger partial charge in [0.05, 0.1) is 12.2 Å². The van der Waals surface area contributed by atoms with Crippen LogP contribution in [0.1, 0.15) is 18.9 Å². The second kappa shape index (κ2) is 5.29. The predicted octanol–water partition coefficient (Wildman–Crippen LogP) is 2.98. The van der Waals surface area contributed by atoms with Crippen LogP contribution in [0.15, 0.2) is 34.9 Å². The lowest BCUT2D eigenvalue weighted by molar-refractivity contribution is -0.144. The number of carboxylic acids is 1. The Kier molecular flexibility index (Phi) is 3.49. The summed E-state index contributed by atoms with van der Waals surface area (Å²) in [6.45, 7) is 4.44. The van der Waals surface area contributed by atoms with Gasteiger partial charge in [-0.25, -0.2) is 0 Å². The number of hydrogen-bond acceptors (Lipinski definition) is 3. The number of furan rings is 1. The number of carbonyl (C=O) groups is 1. The van der Waals surface area contributed by atoms with Gasteiger partial charge in [0.25, 0.3) is 0 Å². The lowest BCUT2D eigenvalue weighted by atomic mass is 9.90. The third-order valence-corrected chi connectivity index (χ3v) is 4.04. The van der Waals surface area contributed by atoms with E-state index in [4.69, 9.17) is 4.42 Å². The zero-order valence-electron chi connectivity index (χ0n) is 11.6. The Morgan fingerprint density at radius 2 is 2.25 bits per heavy atom. The van der Waals surface area contributed by atoms with Crippen LogP contribution in [0.25, 0.3) is 11.0 Å². The number of para-hydroxylation sites is 1. The van der Waals surface area contributed by atoms with Crippen molar-refractivity contribution in [3.8, 4) is 0 Å². The molecule has 2 atom stereocenters. The normalized spacial score (nSPS) is 24.1. The van der Waals surface area contributed by atoms with Gasteiger partial charge >= 0.3 is 5.97 Å². The molecule has 1 aliphatic heterocycles. The molecule has 20 heavy (non-hydrogen) atoms. The fourth-order valence-corrected chi connectivity index (χ4v) is 3.19. The molecular formula is C16H19NO3. The first-order valence-corrected chi connectivity index (χ1v) is 7.03. The van der Waals surface area contributed by atoms with Crippen LogP contribution in [0.5, 0.6) is 0 Å². The van der Waals surface area contributed by atoms with Crippen molar-refractivity contribution < 1.29 is 14.3 Å². The van der Waals surface area contributed by atoms with E-state index in [-0.39, 0.29) is 5.92 Å². The molecule has 0 aliphatic carbocycles. The van der Waals surface area contributed by atoms with Crippen LogP contribution in [0, 0.1) is 11.8 Å². The van der Waals surface area contributed by atoms with Crippen LogP contribution in [0.4, 0.5) is 0 Å². The number of rotatable bonds is 3. The molecule has 1 aliphatic rings. The van der Waals surface area contributed by atoms with Gasteiger partial charge in [0.1, 0.15) is 5.58 Å². The number of hydrogen-bond donors (Lipinski definition) is 1. The highest BCUT2D eigenvalue weighted by molar-refractivity contribution is 5.80. The number of nitrogens with zero attached hydrogens (tertiary/aromatic N) is 1. The Morgan fingerprint density at radius 3 is 3.05 bits per heavy atom. The standard InChI is InChI=1S/C16H19NO3/c1-11-7-14(16(18)19)10-17(8-11)9-13-4-2-3-12-5-6-20-15(12)13/h2-6,11,14H,7-10H2,1H3,(H,18,19). The molecule has 0 saturated carbocycles. The lowest BCUT2D eigenvalue weighted by Gasteiger charge is -2.34. The van der Waals surface area contributed by atoms with E-state index in [1.54, 1.807) is 6.26 Å². The second-order valence-electron chi connectivity index (χ2n) is 5.83. The lowest BCUT2D eigenvalue weighted by Crippen LogP contribution is -2.41. The molecule has 1 N–H and O–H groups in total. The van der Waals surface area contributed by atoms with Gasteiger partial charge in [0.15, 0.2) is 0 Å². The zero-order valence-corrected chi connectivity index (χ0v) is 11.6. The molecule has 0 bridgehead atoms. The molecular weight excluding hydrogens is 254 g/mol. The molecule has 4 nitrogen and oxygen atoms in total. The third kappa shape index (κ3) is 2.56. The van der Waals surface area contributed by atoms with Crippen LogP contribution in [-0.4, -0.2) is 29.1 Å². The molecule has 0 spiro atoms. The summed E-state index contributed by atoms with van der Waals surface area (Å²) in [5, 5.41) is 10.3. The average molecular weight is 273 g/mol. The topological polar surface area (TPSA) is 53.7 Å². The highest BCUT2D eigenvalue weighted by atomic mass is 16.4. The maximum absolute atomic E-state index is 11.2. The van der Waals surface area contributed by atoms with E-state index in [2.05, 4.69) is 17.9 Å². The molecule has 1 fully saturated rings. The minimum Gasteiger partial charge on any atom is -0.481 e. The van der Waals surface area contributed by atoms with Crippen LogP contribution in [-0.2, 0) is 11.3 Å². The number of carboxylic acid groups (broad SMARTS) is 1. The Hall–Kier alpha value is -1.81. The van der Waals surface area contributed by atoms with Crippen molar-refractivity contribution in [2.45, 2.75) is 19.9 Å². The summed E-state index contributed by atoms with van der Waals surface area (Å²) < 4.78 is 5.55. The summed E-state index contributed by atoms with van der Waals surface area (Å²) in [4.78, 5) is 13.5. The fourth-order valence-electron chi connectivity index (χ4n) is 3.19. The maximum Gasteiger partial charge on any atom is 0.307 e. The van der Waals surface area contributed by atoms with Crippen molar-refractivity contribution in [3.63, 3.8) is 0 Å². The van der Waals surface area contributed by atoms with Gasteiger partial charge in [-0.1, -0.05) is 25.1 Å². The minimum absolute atomic E-state index is 0.255. The van der Waals surface area contributed by atoms with E-state index in [1.807, 2.05) is 18.2 Å². The number of benzene rings is 1. The largest absolute Gasteiger partial charge is 0.481 e. The fraction of sp³-hybridized carbons (Fsp3) is 0.438. The molecule has 0 radical (unpaired) electrons. The summed E-state index contributed by atoms with van der Waals surface area (Å²) in [5.41, 5.74) is 2.04. The van der Waals surface area contributed by atoms with Crippen LogP contribution < -0.4 is 0 Å². The van der Waals surface area contributed by atoms with E-state index in [0.29, 0.717) is 12.5 Å². The molecule has 2 unspecified atom stereocenters. The number of likely N-dealkylation sites (tertiary alicyclic amines) is 1. The average Bonchev–Trinajstić information content (AvgIpc) is 2.87.